The third-order valence-electron chi connectivity index (χ3n) is 1.22. The van der Waals surface area contributed by atoms with Gasteiger partial charge in [-0.1, -0.05) is 6.58 Å². The van der Waals surface area contributed by atoms with Gasteiger partial charge in [0, 0.05) is 36.4 Å². The van der Waals surface area contributed by atoms with E-state index in [1.807, 2.05) is 36.4 Å². The average molecular weight is 133 g/mol. The van der Waals surface area contributed by atoms with E-state index in [0.717, 1.165) is 5.56 Å². The van der Waals surface area contributed by atoms with Crippen LogP contribution in [0.5, 0.6) is 0 Å². The smallest absolute Gasteiger partial charge is 0.130 e. The lowest BCUT2D eigenvalue weighted by Crippen LogP contribution is -1.73. The van der Waals surface area contributed by atoms with Crippen LogP contribution in [0.4, 0.5) is 0 Å². The van der Waals surface area contributed by atoms with E-state index in [9.17, 15) is 0 Å². The van der Waals surface area contributed by atoms with Gasteiger partial charge in [0.1, 0.15) is 5.76 Å². The van der Waals surface area contributed by atoms with Gasteiger partial charge in [0.2, 0.25) is 0 Å². The minimum Gasteiger partial charge on any atom is -0.507 e. The summed E-state index contributed by atoms with van der Waals surface area (Å²) < 4.78 is 0. The zero-order chi connectivity index (χ0) is 7.40. The highest BCUT2D eigenvalue weighted by Gasteiger charge is 1.94. The van der Waals surface area contributed by atoms with Crippen molar-refractivity contribution in [2.45, 2.75) is 0 Å². The molecule has 0 spiro atoms. The molecular weight excluding hydrogens is 124 g/mol. The quantitative estimate of drug-likeness (QED) is 0.461. The van der Waals surface area contributed by atoms with Gasteiger partial charge in [-0.05, 0) is 0 Å². The summed E-state index contributed by atoms with van der Waals surface area (Å²) in [5, 5.41) is 8.94. The van der Waals surface area contributed by atoms with Gasteiger partial charge in [-0.25, -0.2) is 0 Å². The van der Waals surface area contributed by atoms with E-state index in [-0.39, 0.29) is 5.76 Å². The Kier molecular flexibility index (Phi) is 2.00. The van der Waals surface area contributed by atoms with E-state index in [2.05, 4.69) is 6.58 Å². The predicted molar refractivity (Wildman–Crippen MR) is 42.5 cm³/mol. The van der Waals surface area contributed by atoms with Crippen LogP contribution in [0, 0.1) is 0 Å². The molecule has 1 N–H and O–H groups in total. The van der Waals surface area contributed by atoms with E-state index in [4.69, 9.17) is 5.11 Å². The maximum Gasteiger partial charge on any atom is 0.130 e. The van der Waals surface area contributed by atoms with Crippen molar-refractivity contribution in [1.82, 2.24) is 0 Å². The fourth-order valence-electron chi connectivity index (χ4n) is 0.695. The molecule has 0 radical (unpaired) electrons. The molecule has 0 bridgehead atoms. The van der Waals surface area contributed by atoms with Crippen molar-refractivity contribution in [3.63, 3.8) is 0 Å². The Bertz CT molecular complexity index is 227. The summed E-state index contributed by atoms with van der Waals surface area (Å²) in [5.74, 6) is 0.108. The molecule has 1 rings (SSSR count). The standard InChI is InChI=1S/C9H8O/c1-8(10)9-6-4-2-3-5-7-9/h2-7H,1H2/p+1. The lowest BCUT2D eigenvalue weighted by molar-refractivity contribution is 0.514. The van der Waals surface area contributed by atoms with Crippen LogP contribution in [0.25, 0.3) is 5.76 Å². The third-order valence-corrected chi connectivity index (χ3v) is 1.22. The number of aliphatic hydroxyl groups is 1. The molecule has 1 aromatic rings. The Hall–Kier alpha value is -1.37. The molecule has 10 heavy (non-hydrogen) atoms. The lowest BCUT2D eigenvalue weighted by Gasteiger charge is -1.85. The van der Waals surface area contributed by atoms with Crippen molar-refractivity contribution < 1.29 is 5.11 Å². The van der Waals surface area contributed by atoms with E-state index >= 15 is 0 Å². The summed E-state index contributed by atoms with van der Waals surface area (Å²) in [6.07, 6.45) is 0. The van der Waals surface area contributed by atoms with Gasteiger partial charge in [-0.15, -0.1) is 0 Å². The van der Waals surface area contributed by atoms with Crippen molar-refractivity contribution in [2.24, 2.45) is 0 Å². The van der Waals surface area contributed by atoms with Crippen molar-refractivity contribution in [3.8, 4) is 0 Å². The van der Waals surface area contributed by atoms with Crippen LogP contribution < -0.4 is 0 Å². The fourth-order valence-corrected chi connectivity index (χ4v) is 0.695. The van der Waals surface area contributed by atoms with Gasteiger partial charge >= 0.3 is 0 Å². The maximum atomic E-state index is 8.94. The Balaban J connectivity index is 3.10. The summed E-state index contributed by atoms with van der Waals surface area (Å²) in [6.45, 7) is 3.41. The van der Waals surface area contributed by atoms with Crippen molar-refractivity contribution in [3.05, 3.63) is 48.5 Å². The molecule has 1 heteroatoms. The molecule has 0 aliphatic rings. The second-order valence-electron chi connectivity index (χ2n) is 2.01. The number of rotatable bonds is 1. The zero-order valence-electron chi connectivity index (χ0n) is 5.62. The molecule has 0 fully saturated rings. The van der Waals surface area contributed by atoms with Gasteiger partial charge in [0.05, 0.1) is 5.56 Å². The van der Waals surface area contributed by atoms with Crippen LogP contribution in [0.15, 0.2) is 43.0 Å². The Morgan fingerprint density at radius 1 is 1.40 bits per heavy atom. The predicted octanol–water partition coefficient (Wildman–Crippen LogP) is 2.50. The highest BCUT2D eigenvalue weighted by molar-refractivity contribution is 5.54. The minimum absolute atomic E-state index is 0.108. The first-order valence-corrected chi connectivity index (χ1v) is 3.07. The Labute approximate surface area is 60.3 Å². The number of hydrogen-bond donors (Lipinski definition) is 1. The molecule has 0 aliphatic carbocycles. The number of aliphatic hydroxyl groups excluding tert-OH is 1. The summed E-state index contributed by atoms with van der Waals surface area (Å²) in [7, 11) is 0. The van der Waals surface area contributed by atoms with E-state index < -0.39 is 0 Å². The molecular formula is C9H9O+. The average Bonchev–Trinajstić information content (AvgIpc) is 2.12. The van der Waals surface area contributed by atoms with Crippen molar-refractivity contribution >= 4 is 5.76 Å². The zero-order valence-corrected chi connectivity index (χ0v) is 5.62. The molecule has 0 amide bonds. The van der Waals surface area contributed by atoms with Crippen LogP contribution in [-0.2, 0) is 0 Å². The van der Waals surface area contributed by atoms with Crippen molar-refractivity contribution in [1.29, 1.82) is 0 Å². The maximum absolute atomic E-state index is 8.94. The van der Waals surface area contributed by atoms with Crippen LogP contribution in [0.2, 0.25) is 0 Å². The summed E-state index contributed by atoms with van der Waals surface area (Å²) >= 11 is 0. The van der Waals surface area contributed by atoms with Crippen LogP contribution in [0.1, 0.15) is 5.56 Å². The first-order chi connectivity index (χ1) is 4.80. The van der Waals surface area contributed by atoms with Gasteiger partial charge in [0.25, 0.3) is 0 Å². The molecule has 0 unspecified atom stereocenters. The van der Waals surface area contributed by atoms with Crippen LogP contribution in [-0.4, -0.2) is 5.11 Å². The second-order valence-corrected chi connectivity index (χ2v) is 2.01. The van der Waals surface area contributed by atoms with Crippen LogP contribution >= 0.6 is 0 Å². The molecule has 0 saturated heterocycles. The molecule has 0 heterocycles. The minimum atomic E-state index is 0.108. The van der Waals surface area contributed by atoms with E-state index in [1.165, 1.54) is 0 Å². The molecule has 0 aromatic heterocycles. The largest absolute Gasteiger partial charge is 0.507 e. The van der Waals surface area contributed by atoms with Crippen LogP contribution in [0.3, 0.4) is 0 Å². The molecule has 0 aliphatic heterocycles. The van der Waals surface area contributed by atoms with E-state index in [0.29, 0.717) is 0 Å². The monoisotopic (exact) mass is 133 g/mol. The summed E-state index contributed by atoms with van der Waals surface area (Å²) in [6, 6.07) is 11.1. The summed E-state index contributed by atoms with van der Waals surface area (Å²) in [5.41, 5.74) is 0.755. The highest BCUT2D eigenvalue weighted by Crippen LogP contribution is 2.05. The molecule has 50 valence electrons. The number of hydrogen-bond acceptors (Lipinski definition) is 1. The fraction of sp³-hybridized carbons (Fsp3) is 0. The molecule has 1 nitrogen and oxygen atoms in total. The second kappa shape index (κ2) is 2.97. The normalized spacial score (nSPS) is 8.80. The Morgan fingerprint density at radius 2 is 2.20 bits per heavy atom. The lowest BCUT2D eigenvalue weighted by atomic mass is 10.2. The summed E-state index contributed by atoms with van der Waals surface area (Å²) in [4.78, 5) is 0. The van der Waals surface area contributed by atoms with Gasteiger partial charge in [-0.2, -0.15) is 0 Å². The molecule has 0 saturated carbocycles. The first kappa shape index (κ1) is 6.75. The van der Waals surface area contributed by atoms with Gasteiger partial charge in [-0.3, -0.25) is 0 Å². The molecule has 0 atom stereocenters. The SMILES string of the molecule is C=C(O)c1ccc[cH+]cc1. The molecule has 1 aromatic carbocycles. The topological polar surface area (TPSA) is 20.2 Å². The third kappa shape index (κ3) is 1.55. The highest BCUT2D eigenvalue weighted by atomic mass is 16.3. The van der Waals surface area contributed by atoms with Gasteiger partial charge in [0.15, 0.2) is 0 Å². The van der Waals surface area contributed by atoms with E-state index in [1.54, 1.807) is 0 Å². The first-order valence-electron chi connectivity index (χ1n) is 3.07. The van der Waals surface area contributed by atoms with Crippen molar-refractivity contribution in [2.75, 3.05) is 0 Å². The Morgan fingerprint density at radius 3 is 2.90 bits per heavy atom. The van der Waals surface area contributed by atoms with Gasteiger partial charge < -0.3 is 5.11 Å².